The fraction of sp³-hybridized carbons (Fsp3) is 0.0476. The molecule has 0 aliphatic heterocycles. The Kier molecular flexibility index (Phi) is 6.59. The Morgan fingerprint density at radius 1 is 0.897 bits per heavy atom. The van der Waals surface area contributed by atoms with Crippen molar-refractivity contribution in [2.24, 2.45) is 5.10 Å². The number of hydrazone groups is 1. The molecule has 0 aliphatic carbocycles. The first-order valence-electron chi connectivity index (χ1n) is 8.70. The van der Waals surface area contributed by atoms with E-state index < -0.39 is 0 Å². The van der Waals surface area contributed by atoms with Crippen LogP contribution >= 0.6 is 12.2 Å². The van der Waals surface area contributed by atoms with Gasteiger partial charge in [0.1, 0.15) is 5.82 Å². The molecular weight excluding hydrogens is 389 g/mol. The number of anilines is 2. The normalized spacial score (nSPS) is 10.9. The molecule has 0 bridgehead atoms. The highest BCUT2D eigenvalue weighted by Gasteiger charge is 2.05. The van der Waals surface area contributed by atoms with Crippen LogP contribution in [-0.2, 0) is 0 Å². The number of hydrogen-bond acceptors (Lipinski definition) is 4. The number of pyridine rings is 1. The summed E-state index contributed by atoms with van der Waals surface area (Å²) in [5.41, 5.74) is 5.98. The number of nitrogens with one attached hydrogen (secondary N) is 3. The number of carbonyl (C=O) groups is 1. The van der Waals surface area contributed by atoms with Crippen molar-refractivity contribution in [1.82, 2.24) is 10.4 Å². The van der Waals surface area contributed by atoms with E-state index in [1.165, 1.54) is 12.1 Å². The number of rotatable bonds is 5. The quantitative estimate of drug-likeness (QED) is 0.336. The highest BCUT2D eigenvalue weighted by atomic mass is 32.1. The first-order valence-corrected chi connectivity index (χ1v) is 9.11. The first-order chi connectivity index (χ1) is 14.0. The van der Waals surface area contributed by atoms with E-state index in [1.54, 1.807) is 43.6 Å². The van der Waals surface area contributed by atoms with Crippen LogP contribution in [0, 0.1) is 5.82 Å². The molecule has 29 heavy (non-hydrogen) atoms. The fourth-order valence-corrected chi connectivity index (χ4v) is 2.62. The van der Waals surface area contributed by atoms with Gasteiger partial charge < -0.3 is 10.6 Å². The second kappa shape index (κ2) is 9.52. The number of carbonyl (C=O) groups excluding carboxylic acids is 1. The number of nitrogens with zero attached hydrogens (tertiary/aromatic N) is 2. The number of hydrogen-bond donors (Lipinski definition) is 3. The monoisotopic (exact) mass is 407 g/mol. The van der Waals surface area contributed by atoms with Gasteiger partial charge in [-0.3, -0.25) is 9.78 Å². The lowest BCUT2D eigenvalue weighted by atomic mass is 10.1. The van der Waals surface area contributed by atoms with Crippen molar-refractivity contribution in [2.45, 2.75) is 6.92 Å². The van der Waals surface area contributed by atoms with E-state index in [2.05, 4.69) is 26.1 Å². The largest absolute Gasteiger partial charge is 0.332 e. The van der Waals surface area contributed by atoms with Crippen molar-refractivity contribution in [3.63, 3.8) is 0 Å². The second-order valence-corrected chi connectivity index (χ2v) is 6.45. The lowest BCUT2D eigenvalue weighted by molar-refractivity contribution is 0.0954. The number of benzene rings is 2. The Morgan fingerprint density at radius 3 is 2.03 bits per heavy atom. The molecule has 0 saturated carbocycles. The maximum Gasteiger partial charge on any atom is 0.271 e. The van der Waals surface area contributed by atoms with Gasteiger partial charge in [0.05, 0.1) is 5.71 Å². The van der Waals surface area contributed by atoms with E-state index in [1.807, 2.05) is 24.3 Å². The molecular formula is C21H18FN5OS. The van der Waals surface area contributed by atoms with E-state index in [0.29, 0.717) is 22.1 Å². The summed E-state index contributed by atoms with van der Waals surface area (Å²) in [7, 11) is 0. The summed E-state index contributed by atoms with van der Waals surface area (Å²) in [4.78, 5) is 15.9. The van der Waals surface area contributed by atoms with Crippen molar-refractivity contribution >= 4 is 40.3 Å². The Morgan fingerprint density at radius 2 is 1.45 bits per heavy atom. The SMILES string of the molecule is C/C(=N/NC(=O)c1ccncc1)c1ccc(NC(=S)Nc2ccc(F)cc2)cc1. The topological polar surface area (TPSA) is 78.4 Å². The fourth-order valence-electron chi connectivity index (χ4n) is 2.39. The highest BCUT2D eigenvalue weighted by Crippen LogP contribution is 2.13. The Bertz CT molecular complexity index is 1020. The number of amides is 1. The van der Waals surface area contributed by atoms with Gasteiger partial charge in [0.25, 0.3) is 5.91 Å². The molecule has 0 radical (unpaired) electrons. The zero-order valence-electron chi connectivity index (χ0n) is 15.5. The van der Waals surface area contributed by atoms with Crippen LogP contribution in [0.5, 0.6) is 0 Å². The molecule has 146 valence electrons. The summed E-state index contributed by atoms with van der Waals surface area (Å²) in [6, 6.07) is 16.6. The molecule has 0 saturated heterocycles. The minimum Gasteiger partial charge on any atom is -0.332 e. The minimum absolute atomic E-state index is 0.303. The Labute approximate surface area is 172 Å². The first kappa shape index (κ1) is 20.1. The summed E-state index contributed by atoms with van der Waals surface area (Å²) < 4.78 is 12.9. The molecule has 8 heteroatoms. The number of thiocarbonyl (C=S) groups is 1. The summed E-state index contributed by atoms with van der Waals surface area (Å²) in [6.45, 7) is 1.80. The van der Waals surface area contributed by atoms with E-state index >= 15 is 0 Å². The lowest BCUT2D eigenvalue weighted by Crippen LogP contribution is -2.19. The van der Waals surface area contributed by atoms with Gasteiger partial charge >= 0.3 is 0 Å². The molecule has 0 spiro atoms. The molecule has 0 atom stereocenters. The van der Waals surface area contributed by atoms with Crippen LogP contribution in [0.3, 0.4) is 0 Å². The van der Waals surface area contributed by atoms with Crippen molar-refractivity contribution in [1.29, 1.82) is 0 Å². The molecule has 3 N–H and O–H groups in total. The van der Waals surface area contributed by atoms with Crippen LogP contribution in [0.4, 0.5) is 15.8 Å². The van der Waals surface area contributed by atoms with Gasteiger partial charge in [0.2, 0.25) is 0 Å². The van der Waals surface area contributed by atoms with Crippen LogP contribution in [-0.4, -0.2) is 21.7 Å². The predicted molar refractivity (Wildman–Crippen MR) is 117 cm³/mol. The molecule has 0 aliphatic rings. The maximum absolute atomic E-state index is 12.9. The molecule has 1 amide bonds. The molecule has 0 unspecified atom stereocenters. The molecule has 2 aromatic carbocycles. The Hall–Kier alpha value is -3.65. The zero-order valence-corrected chi connectivity index (χ0v) is 16.3. The summed E-state index contributed by atoms with van der Waals surface area (Å²) in [5, 5.41) is 10.6. The lowest BCUT2D eigenvalue weighted by Gasteiger charge is -2.11. The van der Waals surface area contributed by atoms with Crippen LogP contribution in [0.1, 0.15) is 22.8 Å². The third-order valence-electron chi connectivity index (χ3n) is 3.93. The van der Waals surface area contributed by atoms with E-state index in [-0.39, 0.29) is 11.7 Å². The van der Waals surface area contributed by atoms with Crippen molar-refractivity contribution in [3.8, 4) is 0 Å². The number of aromatic nitrogens is 1. The van der Waals surface area contributed by atoms with Crippen LogP contribution in [0.2, 0.25) is 0 Å². The minimum atomic E-state index is -0.306. The van der Waals surface area contributed by atoms with Gasteiger partial charge in [-0.15, -0.1) is 0 Å². The van der Waals surface area contributed by atoms with E-state index in [0.717, 1.165) is 11.3 Å². The molecule has 3 rings (SSSR count). The molecule has 3 aromatic rings. The van der Waals surface area contributed by atoms with Gasteiger partial charge in [-0.2, -0.15) is 5.10 Å². The third-order valence-corrected chi connectivity index (χ3v) is 4.13. The second-order valence-electron chi connectivity index (χ2n) is 6.04. The molecule has 6 nitrogen and oxygen atoms in total. The predicted octanol–water partition coefficient (Wildman–Crippen LogP) is 4.18. The molecule has 0 fully saturated rings. The maximum atomic E-state index is 12.9. The van der Waals surface area contributed by atoms with Crippen LogP contribution in [0.25, 0.3) is 0 Å². The highest BCUT2D eigenvalue weighted by molar-refractivity contribution is 7.80. The van der Waals surface area contributed by atoms with Crippen LogP contribution < -0.4 is 16.1 Å². The van der Waals surface area contributed by atoms with Gasteiger partial charge in [-0.25, -0.2) is 9.82 Å². The van der Waals surface area contributed by atoms with Crippen LogP contribution in [0.15, 0.2) is 78.2 Å². The summed E-state index contributed by atoms with van der Waals surface area (Å²) in [5.74, 6) is -0.610. The summed E-state index contributed by atoms with van der Waals surface area (Å²) in [6.07, 6.45) is 3.10. The van der Waals surface area contributed by atoms with Gasteiger partial charge in [-0.1, -0.05) is 12.1 Å². The molecule has 1 aromatic heterocycles. The zero-order chi connectivity index (χ0) is 20.6. The van der Waals surface area contributed by atoms with Crippen molar-refractivity contribution in [3.05, 3.63) is 90.0 Å². The summed E-state index contributed by atoms with van der Waals surface area (Å²) >= 11 is 5.26. The standard InChI is InChI=1S/C21H18FN5OS/c1-14(26-27-20(28)16-10-12-23-13-11-16)15-2-6-18(7-3-15)24-21(29)25-19-8-4-17(22)5-9-19/h2-13H,1H3,(H,27,28)(H2,24,25,29)/b26-14-. The third kappa shape index (κ3) is 5.91. The van der Waals surface area contributed by atoms with Crippen molar-refractivity contribution < 1.29 is 9.18 Å². The average Bonchev–Trinajstić information content (AvgIpc) is 2.74. The van der Waals surface area contributed by atoms with E-state index in [9.17, 15) is 9.18 Å². The van der Waals surface area contributed by atoms with Crippen molar-refractivity contribution in [2.75, 3.05) is 10.6 Å². The molecule has 1 heterocycles. The average molecular weight is 407 g/mol. The number of halogens is 1. The van der Waals surface area contributed by atoms with Gasteiger partial charge in [0.15, 0.2) is 5.11 Å². The van der Waals surface area contributed by atoms with E-state index in [4.69, 9.17) is 12.2 Å². The smallest absolute Gasteiger partial charge is 0.271 e. The van der Waals surface area contributed by atoms with Gasteiger partial charge in [-0.05, 0) is 73.2 Å². The Balaban J connectivity index is 1.56. The van der Waals surface area contributed by atoms with Gasteiger partial charge in [0, 0.05) is 29.3 Å².